The van der Waals surface area contributed by atoms with Gasteiger partial charge in [-0.1, -0.05) is 31.9 Å². The van der Waals surface area contributed by atoms with Crippen LogP contribution >= 0.6 is 24.0 Å². The highest BCUT2D eigenvalue weighted by molar-refractivity contribution is 14.0. The summed E-state index contributed by atoms with van der Waals surface area (Å²) in [5.74, 6) is 2.56. The van der Waals surface area contributed by atoms with Crippen LogP contribution in [0, 0.1) is 11.8 Å². The molecule has 1 aliphatic carbocycles. The summed E-state index contributed by atoms with van der Waals surface area (Å²) in [5, 5.41) is 6.04. The van der Waals surface area contributed by atoms with Crippen LogP contribution in [0.2, 0.25) is 0 Å². The van der Waals surface area contributed by atoms with Gasteiger partial charge in [0.15, 0.2) is 5.96 Å². The predicted octanol–water partition coefficient (Wildman–Crippen LogP) is 3.89. The highest BCUT2D eigenvalue weighted by Crippen LogP contribution is 2.28. The summed E-state index contributed by atoms with van der Waals surface area (Å²) in [4.78, 5) is 18.7. The monoisotopic (exact) mass is 486 g/mol. The molecular formula is C21H35IN4O. The van der Waals surface area contributed by atoms with Crippen molar-refractivity contribution in [3.05, 3.63) is 35.4 Å². The van der Waals surface area contributed by atoms with Crippen molar-refractivity contribution in [3.8, 4) is 0 Å². The maximum Gasteiger partial charge on any atom is 0.251 e. The molecule has 0 radical (unpaired) electrons. The Labute approximate surface area is 181 Å². The first-order chi connectivity index (χ1) is 12.5. The van der Waals surface area contributed by atoms with E-state index in [1.165, 1.54) is 25.7 Å². The fraction of sp³-hybridized carbons (Fsp3) is 0.619. The normalized spacial score (nSPS) is 19.8. The molecule has 27 heavy (non-hydrogen) atoms. The standard InChI is InChI=1S/C21H34N4O.HI/c1-5-23-21(25(4)15-18-8-6-16(2)7-9-18)24-14-17-10-12-19(13-11-17)20(26)22-3;/h10-13,16,18H,5-9,14-15H2,1-4H3,(H,22,26)(H,23,24);1H. The van der Waals surface area contributed by atoms with Crippen LogP contribution in [-0.4, -0.2) is 44.0 Å². The number of rotatable bonds is 6. The Morgan fingerprint density at radius 3 is 2.37 bits per heavy atom. The first-order valence-electron chi connectivity index (χ1n) is 9.84. The van der Waals surface area contributed by atoms with Crippen LogP contribution in [0.1, 0.15) is 55.5 Å². The summed E-state index contributed by atoms with van der Waals surface area (Å²) in [6.07, 6.45) is 5.35. The lowest BCUT2D eigenvalue weighted by molar-refractivity contribution is 0.0963. The predicted molar refractivity (Wildman–Crippen MR) is 124 cm³/mol. The fourth-order valence-corrected chi connectivity index (χ4v) is 3.53. The molecule has 1 aromatic carbocycles. The largest absolute Gasteiger partial charge is 0.357 e. The van der Waals surface area contributed by atoms with E-state index >= 15 is 0 Å². The molecule has 0 saturated heterocycles. The average Bonchev–Trinajstić information content (AvgIpc) is 2.66. The maximum absolute atomic E-state index is 11.6. The quantitative estimate of drug-likeness (QED) is 0.365. The molecule has 0 unspecified atom stereocenters. The summed E-state index contributed by atoms with van der Waals surface area (Å²) in [6, 6.07) is 7.65. The number of guanidine groups is 1. The lowest BCUT2D eigenvalue weighted by Crippen LogP contribution is -2.41. The van der Waals surface area contributed by atoms with Crippen LogP contribution in [0.3, 0.4) is 0 Å². The number of carbonyl (C=O) groups excluding carboxylic acids is 1. The maximum atomic E-state index is 11.6. The Hall–Kier alpha value is -1.31. The zero-order valence-corrected chi connectivity index (χ0v) is 19.5. The van der Waals surface area contributed by atoms with E-state index in [-0.39, 0.29) is 29.9 Å². The smallest absolute Gasteiger partial charge is 0.251 e. The topological polar surface area (TPSA) is 56.7 Å². The molecule has 152 valence electrons. The first kappa shape index (κ1) is 23.7. The Balaban J connectivity index is 0.00000364. The highest BCUT2D eigenvalue weighted by Gasteiger charge is 2.20. The Kier molecular flexibility index (Phi) is 10.7. The number of halogens is 1. The molecule has 0 heterocycles. The highest BCUT2D eigenvalue weighted by atomic mass is 127. The minimum Gasteiger partial charge on any atom is -0.357 e. The number of nitrogens with one attached hydrogen (secondary N) is 2. The van der Waals surface area contributed by atoms with Crippen LogP contribution in [0.4, 0.5) is 0 Å². The third-order valence-electron chi connectivity index (χ3n) is 5.22. The van der Waals surface area contributed by atoms with Gasteiger partial charge in [0.2, 0.25) is 0 Å². The number of hydrogen-bond acceptors (Lipinski definition) is 2. The zero-order chi connectivity index (χ0) is 18.9. The van der Waals surface area contributed by atoms with Crippen LogP contribution < -0.4 is 10.6 Å². The molecule has 0 spiro atoms. The van der Waals surface area contributed by atoms with Crippen LogP contribution in [0.25, 0.3) is 0 Å². The van der Waals surface area contributed by atoms with Gasteiger partial charge in [-0.05, 0) is 49.3 Å². The van der Waals surface area contributed by atoms with Gasteiger partial charge < -0.3 is 15.5 Å². The lowest BCUT2D eigenvalue weighted by Gasteiger charge is -2.31. The molecule has 1 amide bonds. The third-order valence-corrected chi connectivity index (χ3v) is 5.22. The Bertz CT molecular complexity index is 595. The van der Waals surface area contributed by atoms with Crippen molar-refractivity contribution < 1.29 is 4.79 Å². The molecule has 2 rings (SSSR count). The Morgan fingerprint density at radius 1 is 1.19 bits per heavy atom. The number of hydrogen-bond donors (Lipinski definition) is 2. The molecule has 6 heteroatoms. The van der Waals surface area contributed by atoms with Crippen molar-refractivity contribution in [2.24, 2.45) is 16.8 Å². The molecule has 0 atom stereocenters. The fourth-order valence-electron chi connectivity index (χ4n) is 3.53. The minimum absolute atomic E-state index is 0. The van der Waals surface area contributed by atoms with Crippen LogP contribution in [0.5, 0.6) is 0 Å². The van der Waals surface area contributed by atoms with Gasteiger partial charge in [-0.25, -0.2) is 4.99 Å². The van der Waals surface area contributed by atoms with Crippen molar-refractivity contribution in [2.75, 3.05) is 27.2 Å². The number of aliphatic imine (C=N–C) groups is 1. The second-order valence-electron chi connectivity index (χ2n) is 7.45. The van der Waals surface area contributed by atoms with Crippen molar-refractivity contribution in [1.29, 1.82) is 0 Å². The molecule has 0 aromatic heterocycles. The lowest BCUT2D eigenvalue weighted by atomic mass is 9.83. The van der Waals surface area contributed by atoms with Gasteiger partial charge in [0.25, 0.3) is 5.91 Å². The second-order valence-corrected chi connectivity index (χ2v) is 7.45. The minimum atomic E-state index is -0.0603. The number of carbonyl (C=O) groups is 1. The van der Waals surface area contributed by atoms with Crippen LogP contribution in [0.15, 0.2) is 29.3 Å². The van der Waals surface area contributed by atoms with Crippen molar-refractivity contribution in [1.82, 2.24) is 15.5 Å². The molecule has 1 aliphatic rings. The van der Waals surface area contributed by atoms with Gasteiger partial charge in [0.1, 0.15) is 0 Å². The van der Waals surface area contributed by atoms with E-state index in [1.807, 2.05) is 24.3 Å². The molecule has 0 bridgehead atoms. The van der Waals surface area contributed by atoms with Crippen LogP contribution in [-0.2, 0) is 6.54 Å². The summed E-state index contributed by atoms with van der Waals surface area (Å²) < 4.78 is 0. The van der Waals surface area contributed by atoms with E-state index in [2.05, 4.69) is 36.4 Å². The van der Waals surface area contributed by atoms with E-state index in [0.29, 0.717) is 12.1 Å². The van der Waals surface area contributed by atoms with Gasteiger partial charge in [-0.2, -0.15) is 0 Å². The molecule has 1 aromatic rings. The number of nitrogens with zero attached hydrogens (tertiary/aromatic N) is 2. The van der Waals surface area contributed by atoms with Crippen molar-refractivity contribution in [3.63, 3.8) is 0 Å². The molecular weight excluding hydrogens is 451 g/mol. The molecule has 1 saturated carbocycles. The molecule has 2 N–H and O–H groups in total. The summed E-state index contributed by atoms with van der Waals surface area (Å²) in [5.41, 5.74) is 1.78. The van der Waals surface area contributed by atoms with Crippen molar-refractivity contribution >= 4 is 35.8 Å². The first-order valence-corrected chi connectivity index (χ1v) is 9.84. The van der Waals surface area contributed by atoms with Gasteiger partial charge in [-0.3, -0.25) is 4.79 Å². The SMILES string of the molecule is CCNC(=NCc1ccc(C(=O)NC)cc1)N(C)CC1CCC(C)CC1.I. The van der Waals surface area contributed by atoms with E-state index in [1.54, 1.807) is 7.05 Å². The van der Waals surface area contributed by atoms with E-state index in [4.69, 9.17) is 4.99 Å². The van der Waals surface area contributed by atoms with Gasteiger partial charge in [-0.15, -0.1) is 24.0 Å². The summed E-state index contributed by atoms with van der Waals surface area (Å²) in [7, 11) is 3.78. The number of amides is 1. The zero-order valence-electron chi connectivity index (χ0n) is 17.1. The molecule has 1 fully saturated rings. The third kappa shape index (κ3) is 7.68. The molecule has 0 aliphatic heterocycles. The van der Waals surface area contributed by atoms with Crippen molar-refractivity contribution in [2.45, 2.75) is 46.1 Å². The van der Waals surface area contributed by atoms with E-state index < -0.39 is 0 Å². The average molecular weight is 486 g/mol. The van der Waals surface area contributed by atoms with E-state index in [0.717, 1.165) is 36.4 Å². The Morgan fingerprint density at radius 2 is 1.81 bits per heavy atom. The van der Waals surface area contributed by atoms with Gasteiger partial charge in [0, 0.05) is 32.7 Å². The molecule has 5 nitrogen and oxygen atoms in total. The van der Waals surface area contributed by atoms with Gasteiger partial charge in [0.05, 0.1) is 6.54 Å². The number of benzene rings is 1. The second kappa shape index (κ2) is 12.2. The van der Waals surface area contributed by atoms with Gasteiger partial charge >= 0.3 is 0 Å². The summed E-state index contributed by atoms with van der Waals surface area (Å²) in [6.45, 7) is 7.00. The van der Waals surface area contributed by atoms with E-state index in [9.17, 15) is 4.79 Å². The summed E-state index contributed by atoms with van der Waals surface area (Å²) >= 11 is 0.